The van der Waals surface area contributed by atoms with Gasteiger partial charge in [-0.05, 0) is 56.5 Å². The van der Waals surface area contributed by atoms with Gasteiger partial charge in [0.1, 0.15) is 11.8 Å². The summed E-state index contributed by atoms with van der Waals surface area (Å²) in [6.45, 7) is 6.13. The first-order valence-corrected chi connectivity index (χ1v) is 10.3. The third kappa shape index (κ3) is 3.94. The Kier molecular flexibility index (Phi) is 5.67. The molecule has 2 aromatic rings. The van der Waals surface area contributed by atoms with E-state index in [0.717, 1.165) is 11.1 Å². The normalized spacial score (nSPS) is 21.8. The lowest BCUT2D eigenvalue weighted by Gasteiger charge is -2.14. The molecule has 2 aliphatic heterocycles. The monoisotopic (exact) mass is 435 g/mol. The van der Waals surface area contributed by atoms with E-state index in [1.807, 2.05) is 32.0 Å². The van der Waals surface area contributed by atoms with Crippen LogP contribution in [0.4, 0.5) is 11.4 Å². The van der Waals surface area contributed by atoms with Crippen molar-refractivity contribution in [1.29, 1.82) is 0 Å². The van der Waals surface area contributed by atoms with Crippen molar-refractivity contribution in [2.24, 2.45) is 10.2 Å². The number of carbonyl (C=O) groups excluding carboxylic acids is 1. The molecule has 0 radical (unpaired) electrons. The topological polar surface area (TPSA) is 127 Å². The number of hydrogen-bond donors (Lipinski definition) is 4. The average molecular weight is 435 g/mol. The summed E-state index contributed by atoms with van der Waals surface area (Å²) in [6, 6.07) is 10.2. The van der Waals surface area contributed by atoms with Crippen molar-refractivity contribution >= 4 is 34.7 Å². The van der Waals surface area contributed by atoms with Crippen LogP contribution in [-0.4, -0.2) is 46.1 Å². The smallest absolute Gasteiger partial charge is 0.320 e. The van der Waals surface area contributed by atoms with Crippen LogP contribution in [0.25, 0.3) is 0 Å². The van der Waals surface area contributed by atoms with E-state index < -0.39 is 12.0 Å². The van der Waals surface area contributed by atoms with Gasteiger partial charge >= 0.3 is 11.9 Å². The molecule has 0 spiro atoms. The predicted molar refractivity (Wildman–Crippen MR) is 122 cm³/mol. The zero-order chi connectivity index (χ0) is 23.0. The van der Waals surface area contributed by atoms with E-state index in [0.29, 0.717) is 35.6 Å². The number of phenols is 1. The van der Waals surface area contributed by atoms with Crippen LogP contribution in [0.15, 0.2) is 46.6 Å². The summed E-state index contributed by atoms with van der Waals surface area (Å²) in [5.74, 6) is -1.42. The van der Waals surface area contributed by atoms with Gasteiger partial charge in [0.05, 0.1) is 17.1 Å². The number of rotatable bonds is 5. The van der Waals surface area contributed by atoms with E-state index in [1.165, 1.54) is 5.01 Å². The molecule has 0 bridgehead atoms. The van der Waals surface area contributed by atoms with Crippen molar-refractivity contribution in [3.63, 3.8) is 0 Å². The van der Waals surface area contributed by atoms with Crippen LogP contribution in [-0.2, 0) is 9.59 Å². The number of aryl methyl sites for hydroxylation is 2. The van der Waals surface area contributed by atoms with Gasteiger partial charge in [-0.25, -0.2) is 0 Å². The summed E-state index contributed by atoms with van der Waals surface area (Å²) in [4.78, 5) is 24.1. The molecule has 166 valence electrons. The maximum atomic E-state index is 12.9. The number of anilines is 2. The molecule has 1 saturated heterocycles. The Bertz CT molecular complexity index is 1160. The Morgan fingerprint density at radius 2 is 2.00 bits per heavy atom. The summed E-state index contributed by atoms with van der Waals surface area (Å²) in [7, 11) is 0. The molecule has 2 aliphatic rings. The number of benzene rings is 2. The molecule has 0 saturated carbocycles. The number of carbonyl (C=O) groups is 2. The van der Waals surface area contributed by atoms with Gasteiger partial charge in [-0.3, -0.25) is 15.0 Å². The number of aromatic hydroxyl groups is 1. The minimum Gasteiger partial charge on any atom is -0.505 e. The third-order valence-corrected chi connectivity index (χ3v) is 5.95. The molecule has 4 N–H and O–H groups in total. The second-order valence-corrected chi connectivity index (χ2v) is 8.12. The van der Waals surface area contributed by atoms with Gasteiger partial charge in [0.15, 0.2) is 5.71 Å². The molecular formula is C23H25N5O4. The molecule has 32 heavy (non-hydrogen) atoms. The number of aliphatic carboxylic acids is 1. The quantitative estimate of drug-likeness (QED) is 0.423. The fourth-order valence-electron chi connectivity index (χ4n) is 3.92. The average Bonchev–Trinajstić information content (AvgIpc) is 3.35. The van der Waals surface area contributed by atoms with Crippen LogP contribution in [0.1, 0.15) is 36.0 Å². The van der Waals surface area contributed by atoms with E-state index in [9.17, 15) is 19.8 Å². The molecule has 9 heteroatoms. The first-order chi connectivity index (χ1) is 15.3. The largest absolute Gasteiger partial charge is 0.505 e. The van der Waals surface area contributed by atoms with E-state index in [-0.39, 0.29) is 23.3 Å². The van der Waals surface area contributed by atoms with Crippen LogP contribution < -0.4 is 15.8 Å². The lowest BCUT2D eigenvalue weighted by atomic mass is 9.95. The van der Waals surface area contributed by atoms with E-state index in [2.05, 4.69) is 20.9 Å². The summed E-state index contributed by atoms with van der Waals surface area (Å²) < 4.78 is 0. The molecule has 0 aliphatic carbocycles. The molecule has 9 nitrogen and oxygen atoms in total. The van der Waals surface area contributed by atoms with Crippen molar-refractivity contribution in [2.45, 2.75) is 39.2 Å². The van der Waals surface area contributed by atoms with E-state index in [1.54, 1.807) is 25.1 Å². The SMILES string of the molecule is CC1=NN(c2ccc(C)c(C)c2)C(=O)C1=NNc1cccc(C2CNC(C(=O)O)C2)c1O. The molecule has 4 rings (SSSR count). The molecule has 2 aromatic carbocycles. The molecule has 2 atom stereocenters. The van der Waals surface area contributed by atoms with Gasteiger partial charge in [0, 0.05) is 18.0 Å². The second-order valence-electron chi connectivity index (χ2n) is 8.12. The van der Waals surface area contributed by atoms with Gasteiger partial charge in [-0.1, -0.05) is 18.2 Å². The fourth-order valence-corrected chi connectivity index (χ4v) is 3.92. The lowest BCUT2D eigenvalue weighted by molar-refractivity contribution is -0.139. The van der Waals surface area contributed by atoms with Crippen LogP contribution in [0.5, 0.6) is 5.75 Å². The van der Waals surface area contributed by atoms with Gasteiger partial charge in [-0.15, -0.1) is 0 Å². The maximum absolute atomic E-state index is 12.9. The zero-order valence-electron chi connectivity index (χ0n) is 18.1. The van der Waals surface area contributed by atoms with Crippen molar-refractivity contribution in [3.8, 4) is 5.75 Å². The van der Waals surface area contributed by atoms with Crippen LogP contribution in [0.3, 0.4) is 0 Å². The molecule has 2 heterocycles. The third-order valence-electron chi connectivity index (χ3n) is 5.95. The highest BCUT2D eigenvalue weighted by molar-refractivity contribution is 6.71. The first-order valence-electron chi connectivity index (χ1n) is 10.3. The van der Waals surface area contributed by atoms with Crippen LogP contribution in [0, 0.1) is 13.8 Å². The number of amides is 1. The number of hydrogen-bond acceptors (Lipinski definition) is 7. The molecule has 2 unspecified atom stereocenters. The number of nitrogens with zero attached hydrogens (tertiary/aromatic N) is 3. The van der Waals surface area contributed by atoms with Crippen molar-refractivity contribution in [2.75, 3.05) is 17.0 Å². The number of phenolic OH excluding ortho intramolecular Hbond substituents is 1. The van der Waals surface area contributed by atoms with Crippen molar-refractivity contribution in [3.05, 3.63) is 53.1 Å². The second kappa shape index (κ2) is 8.43. The molecule has 0 aromatic heterocycles. The van der Waals surface area contributed by atoms with Gasteiger partial charge < -0.3 is 15.5 Å². The summed E-state index contributed by atoms with van der Waals surface area (Å²) >= 11 is 0. The highest BCUT2D eigenvalue weighted by Gasteiger charge is 2.33. The predicted octanol–water partition coefficient (Wildman–Crippen LogP) is 2.73. The number of hydrazone groups is 2. The summed E-state index contributed by atoms with van der Waals surface area (Å²) in [5, 5.41) is 32.7. The maximum Gasteiger partial charge on any atom is 0.320 e. The number of carboxylic acids is 1. The summed E-state index contributed by atoms with van der Waals surface area (Å²) in [6.07, 6.45) is 0.385. The fraction of sp³-hybridized carbons (Fsp3) is 0.304. The highest BCUT2D eigenvalue weighted by atomic mass is 16.4. The number of para-hydroxylation sites is 1. The molecule has 1 fully saturated rings. The minimum absolute atomic E-state index is 0.0132. The molecular weight excluding hydrogens is 410 g/mol. The van der Waals surface area contributed by atoms with Gasteiger partial charge in [0.2, 0.25) is 0 Å². The van der Waals surface area contributed by atoms with Crippen LogP contribution >= 0.6 is 0 Å². The number of nitrogens with one attached hydrogen (secondary N) is 2. The van der Waals surface area contributed by atoms with Crippen LogP contribution in [0.2, 0.25) is 0 Å². The van der Waals surface area contributed by atoms with Gasteiger partial charge in [0.25, 0.3) is 0 Å². The van der Waals surface area contributed by atoms with Gasteiger partial charge in [-0.2, -0.15) is 15.2 Å². The number of carboxylic acid groups (broad SMARTS) is 1. The van der Waals surface area contributed by atoms with Crippen molar-refractivity contribution in [1.82, 2.24) is 5.32 Å². The lowest BCUT2D eigenvalue weighted by Crippen LogP contribution is -2.29. The highest BCUT2D eigenvalue weighted by Crippen LogP contribution is 2.37. The van der Waals surface area contributed by atoms with E-state index in [4.69, 9.17) is 0 Å². The zero-order valence-corrected chi connectivity index (χ0v) is 18.1. The Morgan fingerprint density at radius 3 is 2.69 bits per heavy atom. The van der Waals surface area contributed by atoms with E-state index >= 15 is 0 Å². The Labute approximate surface area is 185 Å². The Morgan fingerprint density at radius 1 is 1.22 bits per heavy atom. The molecule has 1 amide bonds. The standard InChI is InChI=1S/C23H25N5O4/c1-12-7-8-16(9-13(12)2)28-22(30)20(14(3)27-28)26-25-18-6-4-5-17(21(18)29)15-10-19(23(31)32)24-11-15/h4-9,15,19,24-25,29H,10-11H2,1-3H3,(H,31,32). The first kappa shape index (κ1) is 21.5. The van der Waals surface area contributed by atoms with Crippen molar-refractivity contribution < 1.29 is 19.8 Å². The summed E-state index contributed by atoms with van der Waals surface area (Å²) in [5.41, 5.74) is 7.20. The minimum atomic E-state index is -0.907. The Balaban J connectivity index is 1.53. The Hall–Kier alpha value is -3.72.